The van der Waals surface area contributed by atoms with Crippen LogP contribution in [0.1, 0.15) is 64.2 Å². The number of carboxylic acid groups (broad SMARTS) is 1. The highest BCUT2D eigenvalue weighted by molar-refractivity contribution is 5.82. The van der Waals surface area contributed by atoms with Gasteiger partial charge in [-0.3, -0.25) is 14.4 Å². The third-order valence-corrected chi connectivity index (χ3v) is 6.43. The average molecular weight is 419 g/mol. The number of carbonyl (C=O) groups excluding carboxylic acids is 2. The Morgan fingerprint density at radius 3 is 2.63 bits per heavy atom. The number of amides is 2. The number of hydrogen-bond donors (Lipinski definition) is 1. The zero-order valence-electron chi connectivity index (χ0n) is 17.7. The van der Waals surface area contributed by atoms with Gasteiger partial charge in [0.25, 0.3) is 0 Å². The zero-order valence-corrected chi connectivity index (χ0v) is 17.7. The van der Waals surface area contributed by atoms with Crippen LogP contribution in [-0.4, -0.2) is 67.9 Å². The molecule has 3 rings (SSSR count). The molecule has 1 N–H and O–H groups in total. The van der Waals surface area contributed by atoms with E-state index in [1.165, 1.54) is 30.6 Å². The Morgan fingerprint density at radius 2 is 1.87 bits per heavy atom. The second-order valence-electron chi connectivity index (χ2n) is 8.56. The van der Waals surface area contributed by atoms with Gasteiger partial charge in [0.05, 0.1) is 6.33 Å². The molecule has 0 bridgehead atoms. The number of nitrogens with zero attached hydrogens (tertiary/aromatic N) is 4. The fourth-order valence-corrected chi connectivity index (χ4v) is 4.95. The van der Waals surface area contributed by atoms with Crippen molar-refractivity contribution < 1.29 is 19.5 Å². The molecule has 2 heterocycles. The fraction of sp³-hybridized carbons (Fsp3) is 0.727. The first kappa shape index (κ1) is 22.3. The molecule has 2 fully saturated rings. The van der Waals surface area contributed by atoms with Crippen molar-refractivity contribution in [2.24, 2.45) is 5.92 Å². The Morgan fingerprint density at radius 1 is 1.07 bits per heavy atom. The number of carbonyl (C=O) groups is 3. The van der Waals surface area contributed by atoms with Crippen LogP contribution in [0.25, 0.3) is 0 Å². The lowest BCUT2D eigenvalue weighted by atomic mass is 9.78. The van der Waals surface area contributed by atoms with E-state index < -0.39 is 5.97 Å². The molecule has 30 heavy (non-hydrogen) atoms. The quantitative estimate of drug-likeness (QED) is 0.630. The summed E-state index contributed by atoms with van der Waals surface area (Å²) in [5, 5.41) is 9.14. The van der Waals surface area contributed by atoms with E-state index in [1.807, 2.05) is 10.8 Å². The van der Waals surface area contributed by atoms with Crippen molar-refractivity contribution in [1.82, 2.24) is 19.4 Å². The van der Waals surface area contributed by atoms with E-state index in [0.29, 0.717) is 44.3 Å². The third-order valence-electron chi connectivity index (χ3n) is 6.43. The minimum atomic E-state index is -1.02. The van der Waals surface area contributed by atoms with Crippen molar-refractivity contribution in [3.05, 3.63) is 18.7 Å². The summed E-state index contributed by atoms with van der Waals surface area (Å²) in [6.45, 7) is 1.60. The molecule has 2 unspecified atom stereocenters. The number of aryl methyl sites for hydroxylation is 1. The molecule has 2 amide bonds. The number of aliphatic carboxylic acids is 1. The molecular formula is C22H34N4O4. The molecule has 1 aliphatic carbocycles. The maximum absolute atomic E-state index is 12.8. The summed E-state index contributed by atoms with van der Waals surface area (Å²) in [4.78, 5) is 44.0. The summed E-state index contributed by atoms with van der Waals surface area (Å²) >= 11 is 0. The Labute approximate surface area is 178 Å². The van der Waals surface area contributed by atoms with Crippen LogP contribution in [0.4, 0.5) is 0 Å². The van der Waals surface area contributed by atoms with E-state index >= 15 is 0 Å². The zero-order chi connectivity index (χ0) is 21.3. The van der Waals surface area contributed by atoms with Gasteiger partial charge in [-0.25, -0.2) is 4.98 Å². The molecule has 0 radical (unpaired) electrons. The van der Waals surface area contributed by atoms with Crippen molar-refractivity contribution >= 4 is 17.8 Å². The Bertz CT molecular complexity index is 704. The Kier molecular flexibility index (Phi) is 8.28. The van der Waals surface area contributed by atoms with Crippen LogP contribution in [0.5, 0.6) is 0 Å². The van der Waals surface area contributed by atoms with Gasteiger partial charge >= 0.3 is 5.97 Å². The van der Waals surface area contributed by atoms with E-state index in [-0.39, 0.29) is 24.8 Å². The van der Waals surface area contributed by atoms with Crippen molar-refractivity contribution in [3.63, 3.8) is 0 Å². The van der Waals surface area contributed by atoms with Gasteiger partial charge in [0.15, 0.2) is 0 Å². The first-order valence-corrected chi connectivity index (χ1v) is 11.3. The third kappa shape index (κ3) is 6.31. The lowest BCUT2D eigenvalue weighted by Crippen LogP contribution is -2.49. The molecule has 0 spiro atoms. The molecule has 2 aliphatic rings. The minimum Gasteiger partial charge on any atom is -0.480 e. The van der Waals surface area contributed by atoms with Crippen molar-refractivity contribution in [2.75, 3.05) is 19.6 Å². The Hall–Kier alpha value is -2.38. The van der Waals surface area contributed by atoms with Crippen LogP contribution in [0.2, 0.25) is 0 Å². The molecule has 8 heteroatoms. The number of piperidine rings is 1. The van der Waals surface area contributed by atoms with Crippen LogP contribution in [-0.2, 0) is 20.9 Å². The highest BCUT2D eigenvalue weighted by Crippen LogP contribution is 2.35. The summed E-state index contributed by atoms with van der Waals surface area (Å²) < 4.78 is 1.90. The number of rotatable bonds is 10. The van der Waals surface area contributed by atoms with E-state index in [1.54, 1.807) is 12.5 Å². The summed E-state index contributed by atoms with van der Waals surface area (Å²) in [5.41, 5.74) is 0. The number of fused-ring (bicyclic) bond motifs is 1. The molecule has 166 valence electrons. The lowest BCUT2D eigenvalue weighted by Gasteiger charge is -2.44. The summed E-state index contributed by atoms with van der Waals surface area (Å²) in [6, 6.07) is 0.391. The maximum atomic E-state index is 12.8. The van der Waals surface area contributed by atoms with Gasteiger partial charge in [0.1, 0.15) is 6.54 Å². The van der Waals surface area contributed by atoms with E-state index in [9.17, 15) is 14.4 Å². The molecule has 1 aromatic heterocycles. The van der Waals surface area contributed by atoms with Gasteiger partial charge in [-0.15, -0.1) is 0 Å². The molecular weight excluding hydrogens is 384 g/mol. The van der Waals surface area contributed by atoms with Crippen LogP contribution in [0.3, 0.4) is 0 Å². The van der Waals surface area contributed by atoms with Crippen LogP contribution in [0.15, 0.2) is 18.7 Å². The highest BCUT2D eigenvalue weighted by Gasteiger charge is 2.35. The molecule has 1 saturated carbocycles. The molecule has 1 saturated heterocycles. The smallest absolute Gasteiger partial charge is 0.323 e. The van der Waals surface area contributed by atoms with Gasteiger partial charge in [-0.1, -0.05) is 12.8 Å². The standard InChI is InChI=1S/C22H34N4O4/c27-20(25(16-22(29)30)13-5-12-24-15-11-23-17-24)9-3-10-21(28)26-14-4-7-18-6-1-2-8-19(18)26/h11,15,17-19H,1-10,12-14,16H2,(H,29,30). The first-order valence-electron chi connectivity index (χ1n) is 11.3. The predicted octanol–water partition coefficient (Wildman–Crippen LogP) is 2.54. The number of imidazole rings is 1. The van der Waals surface area contributed by atoms with Crippen molar-refractivity contribution in [2.45, 2.75) is 76.8 Å². The highest BCUT2D eigenvalue weighted by atomic mass is 16.4. The number of hydrogen-bond acceptors (Lipinski definition) is 4. The van der Waals surface area contributed by atoms with Gasteiger partial charge in [0, 0.05) is 50.9 Å². The molecule has 8 nitrogen and oxygen atoms in total. The second kappa shape index (κ2) is 11.1. The molecule has 0 aromatic carbocycles. The Balaban J connectivity index is 1.43. The normalized spacial score (nSPS) is 21.1. The van der Waals surface area contributed by atoms with Gasteiger partial charge in [-0.05, 0) is 44.4 Å². The van der Waals surface area contributed by atoms with Crippen LogP contribution in [0, 0.1) is 5.92 Å². The molecule has 2 atom stereocenters. The SMILES string of the molecule is O=C(O)CN(CCCn1ccnc1)C(=O)CCCC(=O)N1CCCC2CCCCC21. The monoisotopic (exact) mass is 418 g/mol. The van der Waals surface area contributed by atoms with Crippen molar-refractivity contribution in [1.29, 1.82) is 0 Å². The average Bonchev–Trinajstić information content (AvgIpc) is 3.25. The number of carboxylic acids is 1. The van der Waals surface area contributed by atoms with E-state index in [0.717, 1.165) is 19.4 Å². The molecule has 1 aliphatic heterocycles. The second-order valence-corrected chi connectivity index (χ2v) is 8.56. The topological polar surface area (TPSA) is 95.7 Å². The number of aromatic nitrogens is 2. The predicted molar refractivity (Wildman–Crippen MR) is 112 cm³/mol. The number of likely N-dealkylation sites (tertiary alicyclic amines) is 1. The van der Waals surface area contributed by atoms with Gasteiger partial charge < -0.3 is 19.5 Å². The minimum absolute atomic E-state index is 0.157. The van der Waals surface area contributed by atoms with Crippen molar-refractivity contribution in [3.8, 4) is 0 Å². The van der Waals surface area contributed by atoms with Crippen LogP contribution >= 0.6 is 0 Å². The van der Waals surface area contributed by atoms with E-state index in [2.05, 4.69) is 9.88 Å². The first-order chi connectivity index (χ1) is 14.5. The lowest BCUT2D eigenvalue weighted by molar-refractivity contribution is -0.145. The fourth-order valence-electron chi connectivity index (χ4n) is 4.95. The maximum Gasteiger partial charge on any atom is 0.323 e. The van der Waals surface area contributed by atoms with E-state index in [4.69, 9.17) is 5.11 Å². The van der Waals surface area contributed by atoms with Crippen LogP contribution < -0.4 is 0 Å². The van der Waals surface area contributed by atoms with Gasteiger partial charge in [0.2, 0.25) is 11.8 Å². The largest absolute Gasteiger partial charge is 0.480 e. The summed E-state index contributed by atoms with van der Waals surface area (Å²) in [7, 11) is 0. The molecule has 1 aromatic rings. The summed E-state index contributed by atoms with van der Waals surface area (Å²) in [5.74, 6) is -0.396. The van der Waals surface area contributed by atoms with Gasteiger partial charge in [-0.2, -0.15) is 0 Å². The summed E-state index contributed by atoms with van der Waals surface area (Å²) in [6.07, 6.45) is 14.1.